The van der Waals surface area contributed by atoms with Crippen LogP contribution in [0.4, 0.5) is 0 Å². The first-order chi connectivity index (χ1) is 11.1. The fraction of sp³-hybridized carbons (Fsp3) is 0.350. The van der Waals surface area contributed by atoms with Crippen molar-refractivity contribution in [1.29, 1.82) is 0 Å². The lowest BCUT2D eigenvalue weighted by Gasteiger charge is -2.14. The molecule has 0 saturated carbocycles. The Labute approximate surface area is 138 Å². The van der Waals surface area contributed by atoms with E-state index in [1.807, 2.05) is 6.07 Å². The summed E-state index contributed by atoms with van der Waals surface area (Å²) in [5.74, 6) is 1.10. The van der Waals surface area contributed by atoms with Crippen LogP contribution in [0.15, 0.2) is 42.5 Å². The van der Waals surface area contributed by atoms with Crippen molar-refractivity contribution in [3.05, 3.63) is 65.0 Å². The second-order valence-electron chi connectivity index (χ2n) is 6.39. The quantitative estimate of drug-likeness (QED) is 0.775. The number of rotatable bonds is 5. The van der Waals surface area contributed by atoms with E-state index in [2.05, 4.69) is 61.7 Å². The highest BCUT2D eigenvalue weighted by atomic mass is 15.1. The Morgan fingerprint density at radius 2 is 1.78 bits per heavy atom. The van der Waals surface area contributed by atoms with E-state index in [0.717, 1.165) is 30.7 Å². The molecule has 0 aliphatic carbocycles. The molecule has 120 valence electrons. The van der Waals surface area contributed by atoms with Crippen LogP contribution in [0.2, 0.25) is 0 Å². The second-order valence-corrected chi connectivity index (χ2v) is 6.39. The van der Waals surface area contributed by atoms with E-state index in [9.17, 15) is 0 Å². The van der Waals surface area contributed by atoms with Crippen molar-refractivity contribution in [3.8, 4) is 0 Å². The highest BCUT2D eigenvalue weighted by molar-refractivity contribution is 5.78. The molecule has 3 nitrogen and oxygen atoms in total. The molecule has 0 saturated heterocycles. The lowest BCUT2D eigenvalue weighted by atomic mass is 10.1. The Morgan fingerprint density at radius 1 is 1.09 bits per heavy atom. The van der Waals surface area contributed by atoms with Crippen LogP contribution in [0.3, 0.4) is 0 Å². The summed E-state index contributed by atoms with van der Waals surface area (Å²) < 4.78 is 2.31. The molecule has 0 amide bonds. The van der Waals surface area contributed by atoms with Gasteiger partial charge in [-0.3, -0.25) is 0 Å². The van der Waals surface area contributed by atoms with Crippen LogP contribution in [-0.4, -0.2) is 15.6 Å². The average Bonchev–Trinajstić information content (AvgIpc) is 2.85. The zero-order valence-corrected chi connectivity index (χ0v) is 14.2. The van der Waals surface area contributed by atoms with Crippen molar-refractivity contribution in [1.82, 2.24) is 9.55 Å². The van der Waals surface area contributed by atoms with E-state index < -0.39 is 0 Å². The van der Waals surface area contributed by atoms with Gasteiger partial charge in [-0.05, 0) is 49.1 Å². The molecule has 0 aliphatic rings. The number of aromatic nitrogens is 2. The van der Waals surface area contributed by atoms with E-state index in [1.54, 1.807) is 0 Å². The van der Waals surface area contributed by atoms with Gasteiger partial charge in [0.25, 0.3) is 0 Å². The summed E-state index contributed by atoms with van der Waals surface area (Å²) in [4.78, 5) is 4.90. The van der Waals surface area contributed by atoms with Gasteiger partial charge in [0, 0.05) is 19.0 Å². The Hall–Kier alpha value is -2.13. The molecule has 0 aliphatic heterocycles. The minimum Gasteiger partial charge on any atom is -0.326 e. The molecule has 0 radical (unpaired) electrons. The molecule has 1 unspecified atom stereocenters. The highest BCUT2D eigenvalue weighted by Gasteiger charge is 2.14. The third-order valence-electron chi connectivity index (χ3n) is 4.59. The van der Waals surface area contributed by atoms with Gasteiger partial charge < -0.3 is 10.3 Å². The largest absolute Gasteiger partial charge is 0.326 e. The number of benzene rings is 2. The van der Waals surface area contributed by atoms with Crippen LogP contribution in [0.5, 0.6) is 0 Å². The van der Waals surface area contributed by atoms with E-state index in [-0.39, 0.29) is 6.04 Å². The van der Waals surface area contributed by atoms with Gasteiger partial charge in [0.05, 0.1) is 11.0 Å². The molecule has 23 heavy (non-hydrogen) atoms. The summed E-state index contributed by atoms with van der Waals surface area (Å²) in [6.07, 6.45) is 1.80. The Morgan fingerprint density at radius 3 is 2.48 bits per heavy atom. The van der Waals surface area contributed by atoms with Gasteiger partial charge in [-0.2, -0.15) is 0 Å². The van der Waals surface area contributed by atoms with E-state index in [4.69, 9.17) is 10.7 Å². The van der Waals surface area contributed by atoms with Crippen LogP contribution >= 0.6 is 0 Å². The van der Waals surface area contributed by atoms with Crippen molar-refractivity contribution in [3.63, 3.8) is 0 Å². The van der Waals surface area contributed by atoms with Gasteiger partial charge in [0.2, 0.25) is 0 Å². The third kappa shape index (κ3) is 3.30. The molecular weight excluding hydrogens is 282 g/mol. The normalized spacial score (nSPS) is 12.7. The van der Waals surface area contributed by atoms with Crippen molar-refractivity contribution >= 4 is 11.0 Å². The maximum atomic E-state index is 6.24. The maximum absolute atomic E-state index is 6.24. The van der Waals surface area contributed by atoms with Crippen LogP contribution < -0.4 is 5.73 Å². The summed E-state index contributed by atoms with van der Waals surface area (Å²) in [5.41, 5.74) is 12.4. The Balaban J connectivity index is 2.09. The predicted octanol–water partition coefficient (Wildman–Crippen LogP) is 3.98. The van der Waals surface area contributed by atoms with Crippen molar-refractivity contribution in [2.45, 2.75) is 46.2 Å². The van der Waals surface area contributed by atoms with Crippen molar-refractivity contribution in [2.75, 3.05) is 0 Å². The molecular formula is C20H25N3. The molecule has 0 spiro atoms. The van der Waals surface area contributed by atoms with Gasteiger partial charge in [-0.25, -0.2) is 4.98 Å². The number of imidazole rings is 1. The summed E-state index contributed by atoms with van der Waals surface area (Å²) >= 11 is 0. The first kappa shape index (κ1) is 15.8. The number of nitrogens with two attached hydrogens (primary N) is 1. The number of fused-ring (bicyclic) bond motifs is 1. The molecule has 1 aromatic heterocycles. The number of nitrogens with zero attached hydrogens (tertiary/aromatic N) is 2. The van der Waals surface area contributed by atoms with E-state index in [0.29, 0.717) is 0 Å². The molecule has 2 N–H and O–H groups in total. The zero-order valence-electron chi connectivity index (χ0n) is 14.2. The summed E-state index contributed by atoms with van der Waals surface area (Å²) in [6.45, 7) is 7.25. The van der Waals surface area contributed by atoms with E-state index >= 15 is 0 Å². The van der Waals surface area contributed by atoms with Crippen LogP contribution in [0, 0.1) is 13.8 Å². The van der Waals surface area contributed by atoms with Crippen LogP contribution in [0.1, 0.15) is 35.9 Å². The summed E-state index contributed by atoms with van der Waals surface area (Å²) in [5, 5.41) is 0. The van der Waals surface area contributed by atoms with Gasteiger partial charge in [-0.15, -0.1) is 0 Å². The van der Waals surface area contributed by atoms with Gasteiger partial charge in [-0.1, -0.05) is 37.3 Å². The first-order valence-electron chi connectivity index (χ1n) is 8.34. The van der Waals surface area contributed by atoms with Crippen molar-refractivity contribution in [2.24, 2.45) is 5.73 Å². The number of aryl methyl sites for hydroxylation is 2. The van der Waals surface area contributed by atoms with Crippen LogP contribution in [-0.2, 0) is 13.0 Å². The summed E-state index contributed by atoms with van der Waals surface area (Å²) in [6, 6.07) is 15.1. The van der Waals surface area contributed by atoms with Gasteiger partial charge in [0.1, 0.15) is 5.82 Å². The fourth-order valence-electron chi connectivity index (χ4n) is 2.91. The highest BCUT2D eigenvalue weighted by Crippen LogP contribution is 2.23. The topological polar surface area (TPSA) is 43.8 Å². The fourth-order valence-corrected chi connectivity index (χ4v) is 2.91. The van der Waals surface area contributed by atoms with E-state index in [1.165, 1.54) is 22.2 Å². The number of hydrogen-bond acceptors (Lipinski definition) is 2. The predicted molar refractivity (Wildman–Crippen MR) is 96.7 cm³/mol. The minimum absolute atomic E-state index is 0.156. The van der Waals surface area contributed by atoms with Crippen molar-refractivity contribution < 1.29 is 0 Å². The summed E-state index contributed by atoms with van der Waals surface area (Å²) in [7, 11) is 0. The second kappa shape index (κ2) is 6.55. The minimum atomic E-state index is 0.156. The van der Waals surface area contributed by atoms with Gasteiger partial charge in [0.15, 0.2) is 0 Å². The number of hydrogen-bond donors (Lipinski definition) is 1. The molecule has 1 heterocycles. The Kier molecular flexibility index (Phi) is 4.49. The van der Waals surface area contributed by atoms with Gasteiger partial charge >= 0.3 is 0 Å². The smallest absolute Gasteiger partial charge is 0.114 e. The average molecular weight is 307 g/mol. The first-order valence-corrected chi connectivity index (χ1v) is 8.34. The third-order valence-corrected chi connectivity index (χ3v) is 4.59. The molecule has 3 aromatic rings. The molecule has 3 heteroatoms. The molecule has 3 rings (SSSR count). The molecule has 0 fully saturated rings. The monoisotopic (exact) mass is 307 g/mol. The standard InChI is InChI=1S/C20H25N3/c1-4-17(21)13-23-19-11-15(3)14(2)10-18(19)22-20(23)12-16-8-6-5-7-9-16/h5-11,17H,4,12-13,21H2,1-3H3. The molecule has 1 atom stereocenters. The SMILES string of the molecule is CCC(N)Cn1c(Cc2ccccc2)nc2cc(C)c(C)cc21. The zero-order chi connectivity index (χ0) is 16.4. The molecule has 2 aromatic carbocycles. The lowest BCUT2D eigenvalue weighted by molar-refractivity contribution is 0.535. The maximum Gasteiger partial charge on any atom is 0.114 e. The lowest BCUT2D eigenvalue weighted by Crippen LogP contribution is -2.26. The van der Waals surface area contributed by atoms with Crippen LogP contribution in [0.25, 0.3) is 11.0 Å². The molecule has 0 bridgehead atoms. The Bertz CT molecular complexity index is 803.